The zero-order valence-corrected chi connectivity index (χ0v) is 25.2. The number of nitrogens with zero attached hydrogens (tertiary/aromatic N) is 5. The second-order valence-corrected chi connectivity index (χ2v) is 12.7. The molecule has 1 aliphatic carbocycles. The Kier molecular flexibility index (Phi) is 6.59. The Hall–Kier alpha value is -4.13. The molecule has 4 aromatic rings. The number of rotatable bonds is 7. The average Bonchev–Trinajstić information content (AvgIpc) is 3.72. The average molecular weight is 615 g/mol. The molecule has 5 atom stereocenters. The maximum Gasteiger partial charge on any atom is 0.354 e. The molecule has 3 fully saturated rings. The van der Waals surface area contributed by atoms with E-state index in [2.05, 4.69) is 33.1 Å². The fourth-order valence-corrected chi connectivity index (χ4v) is 7.84. The number of H-pyrrole nitrogens is 1. The van der Waals surface area contributed by atoms with Gasteiger partial charge in [-0.05, 0) is 57.9 Å². The molecule has 11 nitrogen and oxygen atoms in total. The van der Waals surface area contributed by atoms with Crippen LogP contribution in [0.2, 0.25) is 0 Å². The van der Waals surface area contributed by atoms with Crippen molar-refractivity contribution in [3.8, 4) is 0 Å². The molecule has 4 unspecified atom stereocenters. The topological polar surface area (TPSA) is 128 Å². The molecule has 3 saturated heterocycles. The van der Waals surface area contributed by atoms with Crippen LogP contribution in [0.15, 0.2) is 54.4 Å². The summed E-state index contributed by atoms with van der Waals surface area (Å²) in [6.07, 6.45) is 10.2. The van der Waals surface area contributed by atoms with Crippen molar-refractivity contribution in [2.45, 2.75) is 82.1 Å². The lowest BCUT2D eigenvalue weighted by atomic mass is 9.57. The SMILES string of the molecule is CC1OC2=CC=CC(c3ccc4cn[nH]c4c3F)(C3(C)CCCCN3Cc3nc4ccc(C(=O)O)nc4n3C[C@@H]3CCO3)C2O1. The highest BCUT2D eigenvalue weighted by atomic mass is 19.1. The summed E-state index contributed by atoms with van der Waals surface area (Å²) in [6, 6.07) is 6.97. The van der Waals surface area contributed by atoms with Crippen LogP contribution in [0.25, 0.3) is 22.1 Å². The zero-order valence-electron chi connectivity index (χ0n) is 25.2. The van der Waals surface area contributed by atoms with Crippen LogP contribution in [-0.4, -0.2) is 77.9 Å². The van der Waals surface area contributed by atoms with Crippen molar-refractivity contribution < 1.29 is 28.5 Å². The maximum atomic E-state index is 16.7. The van der Waals surface area contributed by atoms with Crippen molar-refractivity contribution in [3.63, 3.8) is 0 Å². The van der Waals surface area contributed by atoms with Crippen molar-refractivity contribution in [1.29, 1.82) is 0 Å². The van der Waals surface area contributed by atoms with E-state index in [0.29, 0.717) is 53.1 Å². The molecule has 6 heterocycles. The minimum Gasteiger partial charge on any atom is -0.477 e. The first-order valence-corrected chi connectivity index (χ1v) is 15.6. The van der Waals surface area contributed by atoms with Crippen LogP contribution in [0, 0.1) is 5.82 Å². The van der Waals surface area contributed by atoms with E-state index in [0.717, 1.165) is 38.1 Å². The number of carboxylic acid groups (broad SMARTS) is 1. The lowest BCUT2D eigenvalue weighted by molar-refractivity contribution is -0.0899. The molecular formula is C33H35FN6O5. The number of allylic oxidation sites excluding steroid dienone is 2. The van der Waals surface area contributed by atoms with Crippen molar-refractivity contribution in [1.82, 2.24) is 29.6 Å². The van der Waals surface area contributed by atoms with E-state index in [1.807, 2.05) is 35.8 Å². The van der Waals surface area contributed by atoms with Gasteiger partial charge >= 0.3 is 5.97 Å². The van der Waals surface area contributed by atoms with Crippen LogP contribution in [0.3, 0.4) is 0 Å². The van der Waals surface area contributed by atoms with E-state index < -0.39 is 29.3 Å². The number of carboxylic acids is 1. The van der Waals surface area contributed by atoms with Crippen molar-refractivity contribution in [2.75, 3.05) is 13.2 Å². The molecule has 1 aromatic carbocycles. The van der Waals surface area contributed by atoms with Gasteiger partial charge in [0.15, 0.2) is 23.4 Å². The summed E-state index contributed by atoms with van der Waals surface area (Å²) in [5, 5.41) is 17.3. The molecule has 0 radical (unpaired) electrons. The lowest BCUT2D eigenvalue weighted by Crippen LogP contribution is -2.66. The number of ether oxygens (including phenoxy) is 3. The number of aromatic carboxylic acids is 1. The minimum absolute atomic E-state index is 0.00485. The Bertz CT molecular complexity index is 1880. The van der Waals surface area contributed by atoms with Gasteiger partial charge in [-0.2, -0.15) is 5.10 Å². The Morgan fingerprint density at radius 2 is 2.09 bits per heavy atom. The summed E-state index contributed by atoms with van der Waals surface area (Å²) in [5.41, 5.74) is 0.378. The number of piperidine rings is 1. The first-order valence-electron chi connectivity index (χ1n) is 15.6. The highest BCUT2D eigenvalue weighted by molar-refractivity contribution is 5.88. The first kappa shape index (κ1) is 28.4. The molecule has 8 rings (SSSR count). The Balaban J connectivity index is 1.28. The molecule has 234 valence electrons. The van der Waals surface area contributed by atoms with Gasteiger partial charge in [-0.15, -0.1) is 0 Å². The van der Waals surface area contributed by atoms with Gasteiger partial charge in [0.2, 0.25) is 0 Å². The van der Waals surface area contributed by atoms with Crippen molar-refractivity contribution in [2.24, 2.45) is 0 Å². The van der Waals surface area contributed by atoms with E-state index in [-0.39, 0.29) is 17.6 Å². The number of aromatic amines is 1. The molecule has 45 heavy (non-hydrogen) atoms. The molecule has 2 N–H and O–H groups in total. The predicted octanol–water partition coefficient (Wildman–Crippen LogP) is 4.83. The molecule has 0 spiro atoms. The molecule has 3 aliphatic heterocycles. The number of carbonyl (C=O) groups is 1. The number of hydrogen-bond donors (Lipinski definition) is 2. The second-order valence-electron chi connectivity index (χ2n) is 12.7. The molecule has 3 aromatic heterocycles. The predicted molar refractivity (Wildman–Crippen MR) is 162 cm³/mol. The fraction of sp³-hybridized carbons (Fsp3) is 0.455. The zero-order chi connectivity index (χ0) is 30.9. The van der Waals surface area contributed by atoms with Crippen LogP contribution in [-0.2, 0) is 32.7 Å². The van der Waals surface area contributed by atoms with Gasteiger partial charge in [-0.25, -0.2) is 19.2 Å². The number of halogens is 1. The van der Waals surface area contributed by atoms with Gasteiger partial charge in [0.25, 0.3) is 0 Å². The summed E-state index contributed by atoms with van der Waals surface area (Å²) < 4.78 is 37.2. The lowest BCUT2D eigenvalue weighted by Gasteiger charge is -2.58. The number of nitrogens with one attached hydrogen (secondary N) is 1. The van der Waals surface area contributed by atoms with E-state index in [9.17, 15) is 9.90 Å². The van der Waals surface area contributed by atoms with Gasteiger partial charge in [-0.3, -0.25) is 10.00 Å². The third kappa shape index (κ3) is 4.26. The normalized spacial score (nSPS) is 29.8. The number of fused-ring (bicyclic) bond motifs is 3. The van der Waals surface area contributed by atoms with E-state index in [1.54, 1.807) is 12.3 Å². The molecule has 0 amide bonds. The summed E-state index contributed by atoms with van der Waals surface area (Å²) in [5.74, 6) is -0.00382. The van der Waals surface area contributed by atoms with Gasteiger partial charge in [0.05, 0.1) is 30.8 Å². The van der Waals surface area contributed by atoms with Gasteiger partial charge in [0.1, 0.15) is 28.7 Å². The second kappa shape index (κ2) is 10.5. The van der Waals surface area contributed by atoms with E-state index in [4.69, 9.17) is 19.2 Å². The number of aromatic nitrogens is 5. The minimum atomic E-state index is -1.09. The van der Waals surface area contributed by atoms with Gasteiger partial charge in [0, 0.05) is 23.1 Å². The summed E-state index contributed by atoms with van der Waals surface area (Å²) in [7, 11) is 0. The molecule has 12 heteroatoms. The van der Waals surface area contributed by atoms with Crippen LogP contribution in [0.1, 0.15) is 61.4 Å². The Morgan fingerprint density at radius 1 is 1.22 bits per heavy atom. The Labute approximate surface area is 258 Å². The third-order valence-corrected chi connectivity index (χ3v) is 10.3. The molecule has 0 bridgehead atoms. The van der Waals surface area contributed by atoms with Crippen LogP contribution in [0.5, 0.6) is 0 Å². The summed E-state index contributed by atoms with van der Waals surface area (Å²) in [4.78, 5) is 23.7. The fourth-order valence-electron chi connectivity index (χ4n) is 7.84. The third-order valence-electron chi connectivity index (χ3n) is 10.3. The summed E-state index contributed by atoms with van der Waals surface area (Å²) in [6.45, 7) is 6.47. The number of pyridine rings is 1. The van der Waals surface area contributed by atoms with Gasteiger partial charge in [-0.1, -0.05) is 30.7 Å². The largest absolute Gasteiger partial charge is 0.477 e. The van der Waals surface area contributed by atoms with Crippen molar-refractivity contribution in [3.05, 3.63) is 77.3 Å². The van der Waals surface area contributed by atoms with Crippen LogP contribution >= 0.6 is 0 Å². The Morgan fingerprint density at radius 3 is 2.89 bits per heavy atom. The number of imidazole rings is 1. The van der Waals surface area contributed by atoms with Crippen LogP contribution in [0.4, 0.5) is 4.39 Å². The first-order chi connectivity index (χ1) is 21.8. The van der Waals surface area contributed by atoms with Crippen molar-refractivity contribution >= 4 is 28.0 Å². The molecule has 0 saturated carbocycles. The highest BCUT2D eigenvalue weighted by Crippen LogP contribution is 2.55. The standard InChI is InChI=1S/C33H35FN6O5/c1-19-44-25-6-5-13-33(29(25)45-19,22-8-7-20-16-35-38-28(20)27(22)34)32(2)12-3-4-14-39(32)18-26-36-23-9-10-24(31(41)42)37-30(23)40(26)17-21-11-15-43-21/h5-10,13,16,19,21,29H,3-4,11-12,14-15,17-18H2,1-2H3,(H,35,38)(H,41,42)/t19?,21-,29?,32?,33?/m0/s1. The van der Waals surface area contributed by atoms with E-state index in [1.165, 1.54) is 6.07 Å². The smallest absolute Gasteiger partial charge is 0.354 e. The highest BCUT2D eigenvalue weighted by Gasteiger charge is 2.61. The monoisotopic (exact) mass is 614 g/mol. The maximum absolute atomic E-state index is 16.7. The quantitative estimate of drug-likeness (QED) is 0.301. The molecular weight excluding hydrogens is 579 g/mol. The van der Waals surface area contributed by atoms with Crippen LogP contribution < -0.4 is 0 Å². The number of likely N-dealkylation sites (tertiary alicyclic amines) is 1. The summed E-state index contributed by atoms with van der Waals surface area (Å²) >= 11 is 0. The molecule has 4 aliphatic rings. The number of hydrogen-bond acceptors (Lipinski definition) is 8. The van der Waals surface area contributed by atoms with E-state index >= 15 is 4.39 Å². The van der Waals surface area contributed by atoms with Gasteiger partial charge < -0.3 is 23.9 Å². The number of benzene rings is 1.